The molecule has 3 rings (SSSR count). The Bertz CT molecular complexity index is 1010. The second-order valence-corrected chi connectivity index (χ2v) is 7.15. The first-order chi connectivity index (χ1) is 12.0. The fraction of sp³-hybridized carbons (Fsp3) is 0.167. The Hall–Kier alpha value is -2.64. The van der Waals surface area contributed by atoms with Crippen LogP contribution < -0.4 is 14.6 Å². The predicted octanol–water partition coefficient (Wildman–Crippen LogP) is 3.76. The second-order valence-electron chi connectivity index (χ2n) is 5.28. The molecule has 0 aliphatic rings. The van der Waals surface area contributed by atoms with Crippen LogP contribution in [0, 0.1) is 0 Å². The molecule has 0 aliphatic heterocycles. The van der Waals surface area contributed by atoms with Crippen LogP contribution in [0.2, 0.25) is 0 Å². The summed E-state index contributed by atoms with van der Waals surface area (Å²) < 4.78 is 27.3. The molecule has 0 saturated carbocycles. The van der Waals surface area contributed by atoms with E-state index in [4.69, 9.17) is 14.6 Å². The predicted molar refractivity (Wildman–Crippen MR) is 98.4 cm³/mol. The SMILES string of the molecule is CCN=S(N)(=O)c1ccc(Oc2ccnc3cc(OC)ccc23)cc1. The summed E-state index contributed by atoms with van der Waals surface area (Å²) in [5.41, 5.74) is 0.778. The van der Waals surface area contributed by atoms with Crippen LogP contribution in [-0.4, -0.2) is 22.8 Å². The van der Waals surface area contributed by atoms with Crippen LogP contribution in [-0.2, 0) is 9.92 Å². The summed E-state index contributed by atoms with van der Waals surface area (Å²) in [6.07, 6.45) is 1.68. The maximum Gasteiger partial charge on any atom is 0.138 e. The van der Waals surface area contributed by atoms with E-state index >= 15 is 0 Å². The van der Waals surface area contributed by atoms with Crippen LogP contribution in [0.3, 0.4) is 0 Å². The lowest BCUT2D eigenvalue weighted by Gasteiger charge is -2.10. The standard InChI is InChI=1S/C18H19N3O3S/c1-3-21-25(19,22)15-7-4-13(5-8-15)24-18-10-11-20-17-12-14(23-2)6-9-16(17)18/h4-12H,3H2,1-2H3,(H2,19,21,22). The summed E-state index contributed by atoms with van der Waals surface area (Å²) in [5.74, 6) is 2.02. The van der Waals surface area contributed by atoms with E-state index in [1.807, 2.05) is 18.2 Å². The van der Waals surface area contributed by atoms with Gasteiger partial charge < -0.3 is 9.47 Å². The van der Waals surface area contributed by atoms with Gasteiger partial charge in [-0.05, 0) is 49.4 Å². The molecule has 25 heavy (non-hydrogen) atoms. The average Bonchev–Trinajstić information content (AvgIpc) is 2.62. The number of hydrogen-bond donors (Lipinski definition) is 1. The van der Waals surface area contributed by atoms with Crippen molar-refractivity contribution < 1.29 is 13.7 Å². The topological polar surface area (TPSA) is 86.8 Å². The number of nitrogens with two attached hydrogens (primary N) is 1. The lowest BCUT2D eigenvalue weighted by molar-refractivity contribution is 0.415. The number of pyridine rings is 1. The van der Waals surface area contributed by atoms with Gasteiger partial charge in [0.05, 0.1) is 17.5 Å². The molecule has 1 heterocycles. The summed E-state index contributed by atoms with van der Waals surface area (Å²) in [6, 6.07) is 14.2. The van der Waals surface area contributed by atoms with Gasteiger partial charge >= 0.3 is 0 Å². The fourth-order valence-electron chi connectivity index (χ4n) is 2.41. The highest BCUT2D eigenvalue weighted by atomic mass is 32.2. The number of benzene rings is 2. The Morgan fingerprint density at radius 2 is 1.84 bits per heavy atom. The fourth-order valence-corrected chi connectivity index (χ4v) is 3.47. The first-order valence-electron chi connectivity index (χ1n) is 7.75. The minimum Gasteiger partial charge on any atom is -0.497 e. The molecule has 2 N–H and O–H groups in total. The van der Waals surface area contributed by atoms with Gasteiger partial charge in [0.2, 0.25) is 0 Å². The molecule has 0 radical (unpaired) electrons. The molecule has 0 saturated heterocycles. The number of nitrogens with zero attached hydrogens (tertiary/aromatic N) is 2. The number of fused-ring (bicyclic) bond motifs is 1. The Morgan fingerprint density at radius 3 is 2.52 bits per heavy atom. The normalized spacial score (nSPS) is 13.2. The van der Waals surface area contributed by atoms with E-state index in [0.717, 1.165) is 16.7 Å². The molecule has 130 valence electrons. The first-order valence-corrected chi connectivity index (χ1v) is 9.32. The zero-order valence-corrected chi connectivity index (χ0v) is 14.8. The van der Waals surface area contributed by atoms with E-state index in [1.54, 1.807) is 50.6 Å². The number of rotatable bonds is 5. The Morgan fingerprint density at radius 1 is 1.12 bits per heavy atom. The molecule has 0 fully saturated rings. The largest absolute Gasteiger partial charge is 0.497 e. The van der Waals surface area contributed by atoms with Gasteiger partial charge in [-0.3, -0.25) is 4.98 Å². The Balaban J connectivity index is 1.92. The molecule has 3 aromatic rings. The van der Waals surface area contributed by atoms with Crippen LogP contribution >= 0.6 is 0 Å². The summed E-state index contributed by atoms with van der Waals surface area (Å²) in [7, 11) is -1.23. The van der Waals surface area contributed by atoms with Crippen molar-refractivity contribution in [2.24, 2.45) is 9.50 Å². The van der Waals surface area contributed by atoms with Crippen molar-refractivity contribution in [1.82, 2.24) is 4.98 Å². The highest BCUT2D eigenvalue weighted by molar-refractivity contribution is 7.91. The van der Waals surface area contributed by atoms with Gasteiger partial charge in [0, 0.05) is 24.2 Å². The quantitative estimate of drug-likeness (QED) is 0.753. The minimum absolute atomic E-state index is 0.403. The average molecular weight is 357 g/mol. The van der Waals surface area contributed by atoms with Crippen molar-refractivity contribution in [3.05, 3.63) is 54.7 Å². The van der Waals surface area contributed by atoms with Crippen molar-refractivity contribution in [1.29, 1.82) is 0 Å². The van der Waals surface area contributed by atoms with E-state index in [1.165, 1.54) is 0 Å². The lowest BCUT2D eigenvalue weighted by Crippen LogP contribution is -2.12. The molecular weight excluding hydrogens is 338 g/mol. The molecule has 1 unspecified atom stereocenters. The number of ether oxygens (including phenoxy) is 2. The van der Waals surface area contributed by atoms with Crippen molar-refractivity contribution in [2.75, 3.05) is 13.7 Å². The van der Waals surface area contributed by atoms with Crippen LogP contribution in [0.5, 0.6) is 17.2 Å². The number of hydrogen-bond acceptors (Lipinski definition) is 5. The number of aromatic nitrogens is 1. The molecule has 0 amide bonds. The molecule has 7 heteroatoms. The minimum atomic E-state index is -2.85. The van der Waals surface area contributed by atoms with Gasteiger partial charge in [-0.2, -0.15) is 0 Å². The second kappa shape index (κ2) is 7.08. The van der Waals surface area contributed by atoms with Crippen molar-refractivity contribution in [2.45, 2.75) is 11.8 Å². The summed E-state index contributed by atoms with van der Waals surface area (Å²) in [4.78, 5) is 4.81. The molecule has 0 bridgehead atoms. The van der Waals surface area contributed by atoms with E-state index < -0.39 is 9.92 Å². The monoisotopic (exact) mass is 357 g/mol. The van der Waals surface area contributed by atoms with Crippen LogP contribution in [0.4, 0.5) is 0 Å². The first kappa shape index (κ1) is 17.2. The van der Waals surface area contributed by atoms with Gasteiger partial charge in [0.15, 0.2) is 0 Å². The van der Waals surface area contributed by atoms with E-state index in [2.05, 4.69) is 9.35 Å². The third-order valence-electron chi connectivity index (χ3n) is 3.62. The van der Waals surface area contributed by atoms with Gasteiger partial charge in [-0.15, -0.1) is 0 Å². The van der Waals surface area contributed by atoms with Gasteiger partial charge in [-0.1, -0.05) is 0 Å². The molecule has 1 atom stereocenters. The molecule has 0 spiro atoms. The highest BCUT2D eigenvalue weighted by Crippen LogP contribution is 2.31. The Kier molecular flexibility index (Phi) is 4.87. The van der Waals surface area contributed by atoms with Gasteiger partial charge in [-0.25, -0.2) is 13.7 Å². The smallest absolute Gasteiger partial charge is 0.138 e. The van der Waals surface area contributed by atoms with E-state index in [-0.39, 0.29) is 0 Å². The van der Waals surface area contributed by atoms with E-state index in [9.17, 15) is 4.21 Å². The molecule has 0 aliphatic carbocycles. The molecule has 1 aromatic heterocycles. The van der Waals surface area contributed by atoms with Crippen LogP contribution in [0.15, 0.2) is 64.0 Å². The molecule has 6 nitrogen and oxygen atoms in total. The zero-order valence-electron chi connectivity index (χ0n) is 14.0. The number of methoxy groups -OCH3 is 1. The zero-order chi connectivity index (χ0) is 17.9. The third-order valence-corrected chi connectivity index (χ3v) is 5.21. The van der Waals surface area contributed by atoms with Gasteiger partial charge in [0.1, 0.15) is 27.2 Å². The Labute approximate surface area is 146 Å². The van der Waals surface area contributed by atoms with Crippen molar-refractivity contribution in [3.63, 3.8) is 0 Å². The lowest BCUT2D eigenvalue weighted by atomic mass is 10.2. The highest BCUT2D eigenvalue weighted by Gasteiger charge is 2.08. The van der Waals surface area contributed by atoms with Crippen LogP contribution in [0.1, 0.15) is 6.92 Å². The van der Waals surface area contributed by atoms with E-state index in [0.29, 0.717) is 22.9 Å². The maximum absolute atomic E-state index is 12.2. The third kappa shape index (κ3) is 3.72. The maximum atomic E-state index is 12.2. The summed E-state index contributed by atoms with van der Waals surface area (Å²) in [5, 5.41) is 6.62. The van der Waals surface area contributed by atoms with Crippen molar-refractivity contribution >= 4 is 20.8 Å². The summed E-state index contributed by atoms with van der Waals surface area (Å²) >= 11 is 0. The summed E-state index contributed by atoms with van der Waals surface area (Å²) in [6.45, 7) is 2.20. The molecular formula is C18H19N3O3S. The van der Waals surface area contributed by atoms with Crippen molar-refractivity contribution in [3.8, 4) is 17.2 Å². The molecule has 2 aromatic carbocycles. The van der Waals surface area contributed by atoms with Gasteiger partial charge in [0.25, 0.3) is 0 Å². The van der Waals surface area contributed by atoms with Crippen LogP contribution in [0.25, 0.3) is 10.9 Å².